The maximum atomic E-state index is 12.0. The van der Waals surface area contributed by atoms with Gasteiger partial charge in [-0.3, -0.25) is 4.79 Å². The molecule has 0 aliphatic carbocycles. The average molecular weight is 327 g/mol. The number of aryl methyl sites for hydroxylation is 2. The third-order valence-electron chi connectivity index (χ3n) is 3.76. The van der Waals surface area contributed by atoms with Crippen LogP contribution in [-0.2, 0) is 11.2 Å². The molecule has 0 bridgehead atoms. The molecule has 24 heavy (non-hydrogen) atoms. The van der Waals surface area contributed by atoms with Gasteiger partial charge in [-0.05, 0) is 61.7 Å². The molecule has 0 heterocycles. The Hall–Kier alpha value is -2.49. The standard InChI is InChI=1S/C20H25NO3/c1-4-23-18-7-9-19(10-8-18)24-12-11-21-20(22)14-17-6-5-15(2)16(3)13-17/h5-10,13H,4,11-12,14H2,1-3H3,(H,21,22). The van der Waals surface area contributed by atoms with Gasteiger partial charge in [0.05, 0.1) is 19.6 Å². The highest BCUT2D eigenvalue weighted by Crippen LogP contribution is 2.17. The number of carbonyl (C=O) groups is 1. The molecule has 0 aliphatic rings. The number of ether oxygens (including phenoxy) is 2. The van der Waals surface area contributed by atoms with Gasteiger partial charge < -0.3 is 14.8 Å². The Morgan fingerprint density at radius 2 is 1.62 bits per heavy atom. The Balaban J connectivity index is 1.69. The van der Waals surface area contributed by atoms with Gasteiger partial charge in [0.15, 0.2) is 0 Å². The maximum Gasteiger partial charge on any atom is 0.224 e. The van der Waals surface area contributed by atoms with Crippen molar-refractivity contribution >= 4 is 5.91 Å². The predicted molar refractivity (Wildman–Crippen MR) is 95.7 cm³/mol. The van der Waals surface area contributed by atoms with E-state index in [2.05, 4.69) is 25.2 Å². The van der Waals surface area contributed by atoms with Crippen molar-refractivity contribution in [1.29, 1.82) is 0 Å². The van der Waals surface area contributed by atoms with Gasteiger partial charge >= 0.3 is 0 Å². The Morgan fingerprint density at radius 1 is 0.958 bits per heavy atom. The van der Waals surface area contributed by atoms with Crippen LogP contribution in [-0.4, -0.2) is 25.7 Å². The molecule has 2 aromatic rings. The Kier molecular flexibility index (Phi) is 6.67. The number of rotatable bonds is 8. The fraction of sp³-hybridized carbons (Fsp3) is 0.350. The molecular formula is C20H25NO3. The molecule has 2 rings (SSSR count). The zero-order valence-electron chi connectivity index (χ0n) is 14.6. The van der Waals surface area contributed by atoms with E-state index in [0.717, 1.165) is 17.1 Å². The van der Waals surface area contributed by atoms with Crippen LogP contribution in [0.15, 0.2) is 42.5 Å². The zero-order chi connectivity index (χ0) is 17.4. The average Bonchev–Trinajstić information content (AvgIpc) is 2.57. The van der Waals surface area contributed by atoms with Gasteiger partial charge in [-0.25, -0.2) is 0 Å². The fourth-order valence-electron chi connectivity index (χ4n) is 2.32. The topological polar surface area (TPSA) is 47.6 Å². The van der Waals surface area contributed by atoms with E-state index in [4.69, 9.17) is 9.47 Å². The predicted octanol–water partition coefficient (Wildman–Crippen LogP) is 3.44. The van der Waals surface area contributed by atoms with Gasteiger partial charge in [-0.1, -0.05) is 18.2 Å². The van der Waals surface area contributed by atoms with Crippen molar-refractivity contribution in [3.05, 3.63) is 59.2 Å². The molecule has 0 saturated carbocycles. The molecule has 0 aliphatic heterocycles. The van der Waals surface area contributed by atoms with E-state index in [9.17, 15) is 4.79 Å². The third kappa shape index (κ3) is 5.61. The van der Waals surface area contributed by atoms with Gasteiger partial charge in [0.1, 0.15) is 18.1 Å². The fourth-order valence-corrected chi connectivity index (χ4v) is 2.32. The minimum Gasteiger partial charge on any atom is -0.494 e. The third-order valence-corrected chi connectivity index (χ3v) is 3.76. The van der Waals surface area contributed by atoms with Gasteiger partial charge in [0.25, 0.3) is 0 Å². The smallest absolute Gasteiger partial charge is 0.224 e. The van der Waals surface area contributed by atoms with Crippen LogP contribution in [0.4, 0.5) is 0 Å². The molecule has 0 spiro atoms. The van der Waals surface area contributed by atoms with E-state index >= 15 is 0 Å². The van der Waals surface area contributed by atoms with Crippen molar-refractivity contribution in [1.82, 2.24) is 5.32 Å². The molecule has 0 unspecified atom stereocenters. The number of amides is 1. The summed E-state index contributed by atoms with van der Waals surface area (Å²) < 4.78 is 11.0. The normalized spacial score (nSPS) is 10.3. The van der Waals surface area contributed by atoms with E-state index < -0.39 is 0 Å². The molecule has 0 radical (unpaired) electrons. The summed E-state index contributed by atoms with van der Waals surface area (Å²) in [5.74, 6) is 1.60. The van der Waals surface area contributed by atoms with Crippen LogP contribution in [0.2, 0.25) is 0 Å². The highest BCUT2D eigenvalue weighted by molar-refractivity contribution is 5.78. The summed E-state index contributed by atoms with van der Waals surface area (Å²) in [6.45, 7) is 7.64. The Labute approximate surface area is 143 Å². The summed E-state index contributed by atoms with van der Waals surface area (Å²) >= 11 is 0. The number of benzene rings is 2. The van der Waals surface area contributed by atoms with Crippen molar-refractivity contribution in [2.24, 2.45) is 0 Å². The van der Waals surface area contributed by atoms with E-state index in [0.29, 0.717) is 26.2 Å². The van der Waals surface area contributed by atoms with E-state index in [-0.39, 0.29) is 5.91 Å². The first-order valence-electron chi connectivity index (χ1n) is 8.27. The van der Waals surface area contributed by atoms with Crippen LogP contribution in [0.5, 0.6) is 11.5 Å². The first-order chi connectivity index (χ1) is 11.6. The van der Waals surface area contributed by atoms with Crippen molar-refractivity contribution in [2.75, 3.05) is 19.8 Å². The molecule has 4 heteroatoms. The van der Waals surface area contributed by atoms with Crippen LogP contribution >= 0.6 is 0 Å². The van der Waals surface area contributed by atoms with Crippen LogP contribution in [0.25, 0.3) is 0 Å². The molecule has 1 amide bonds. The van der Waals surface area contributed by atoms with Crippen LogP contribution in [0, 0.1) is 13.8 Å². The highest BCUT2D eigenvalue weighted by atomic mass is 16.5. The molecule has 0 fully saturated rings. The molecule has 4 nitrogen and oxygen atoms in total. The minimum atomic E-state index is 0.00791. The molecule has 0 atom stereocenters. The molecule has 0 aromatic heterocycles. The molecule has 1 N–H and O–H groups in total. The van der Waals surface area contributed by atoms with Crippen molar-refractivity contribution in [3.8, 4) is 11.5 Å². The second kappa shape index (κ2) is 8.96. The lowest BCUT2D eigenvalue weighted by Gasteiger charge is -2.09. The Morgan fingerprint density at radius 3 is 2.25 bits per heavy atom. The van der Waals surface area contributed by atoms with E-state index in [1.54, 1.807) is 0 Å². The van der Waals surface area contributed by atoms with E-state index in [1.165, 1.54) is 11.1 Å². The number of hydrogen-bond acceptors (Lipinski definition) is 3. The van der Waals surface area contributed by atoms with Gasteiger partial charge in [-0.15, -0.1) is 0 Å². The summed E-state index contributed by atoms with van der Waals surface area (Å²) in [6.07, 6.45) is 0.393. The monoisotopic (exact) mass is 327 g/mol. The zero-order valence-corrected chi connectivity index (χ0v) is 14.6. The maximum absolute atomic E-state index is 12.0. The highest BCUT2D eigenvalue weighted by Gasteiger charge is 2.04. The number of hydrogen-bond donors (Lipinski definition) is 1. The lowest BCUT2D eigenvalue weighted by atomic mass is 10.0. The molecule has 0 saturated heterocycles. The summed E-state index contributed by atoms with van der Waals surface area (Å²) in [4.78, 5) is 12.0. The van der Waals surface area contributed by atoms with Gasteiger partial charge in [0, 0.05) is 0 Å². The van der Waals surface area contributed by atoms with Crippen LogP contribution in [0.1, 0.15) is 23.6 Å². The van der Waals surface area contributed by atoms with Crippen molar-refractivity contribution in [2.45, 2.75) is 27.2 Å². The molecular weight excluding hydrogens is 302 g/mol. The van der Waals surface area contributed by atoms with E-state index in [1.807, 2.05) is 43.3 Å². The quantitative estimate of drug-likeness (QED) is 0.756. The van der Waals surface area contributed by atoms with Crippen molar-refractivity contribution < 1.29 is 14.3 Å². The summed E-state index contributed by atoms with van der Waals surface area (Å²) in [6, 6.07) is 13.6. The van der Waals surface area contributed by atoms with Gasteiger partial charge in [-0.2, -0.15) is 0 Å². The lowest BCUT2D eigenvalue weighted by molar-refractivity contribution is -0.120. The Bertz CT molecular complexity index is 665. The molecule has 2 aromatic carbocycles. The second-order valence-electron chi connectivity index (χ2n) is 5.70. The number of nitrogens with one attached hydrogen (secondary N) is 1. The van der Waals surface area contributed by atoms with Crippen molar-refractivity contribution in [3.63, 3.8) is 0 Å². The second-order valence-corrected chi connectivity index (χ2v) is 5.70. The van der Waals surface area contributed by atoms with Crippen LogP contribution in [0.3, 0.4) is 0 Å². The van der Waals surface area contributed by atoms with Gasteiger partial charge in [0.2, 0.25) is 5.91 Å². The first-order valence-corrected chi connectivity index (χ1v) is 8.27. The SMILES string of the molecule is CCOc1ccc(OCCNC(=O)Cc2ccc(C)c(C)c2)cc1. The van der Waals surface area contributed by atoms with Crippen LogP contribution < -0.4 is 14.8 Å². The largest absolute Gasteiger partial charge is 0.494 e. The molecule has 128 valence electrons. The number of carbonyl (C=O) groups excluding carboxylic acids is 1. The minimum absolute atomic E-state index is 0.00791. The lowest BCUT2D eigenvalue weighted by Crippen LogP contribution is -2.29. The summed E-state index contributed by atoms with van der Waals surface area (Å²) in [5.41, 5.74) is 3.48. The first kappa shape index (κ1) is 17.9. The summed E-state index contributed by atoms with van der Waals surface area (Å²) in [7, 11) is 0. The summed E-state index contributed by atoms with van der Waals surface area (Å²) in [5, 5.41) is 2.88.